The van der Waals surface area contributed by atoms with Crippen LogP contribution in [-0.2, 0) is 13.0 Å². The van der Waals surface area contributed by atoms with Gasteiger partial charge in [-0.1, -0.05) is 23.7 Å². The Bertz CT molecular complexity index is 775. The van der Waals surface area contributed by atoms with Gasteiger partial charge in [-0.15, -0.1) is 0 Å². The molecule has 3 aromatic rings. The molecule has 0 saturated carbocycles. The van der Waals surface area contributed by atoms with Crippen LogP contribution in [0.5, 0.6) is 0 Å². The van der Waals surface area contributed by atoms with Gasteiger partial charge >= 0.3 is 0 Å². The molecule has 1 aromatic carbocycles. The maximum absolute atomic E-state index is 5.92. The minimum atomic E-state index is 0.667. The van der Waals surface area contributed by atoms with E-state index in [2.05, 4.69) is 27.1 Å². The van der Waals surface area contributed by atoms with Gasteiger partial charge in [-0.25, -0.2) is 4.98 Å². The summed E-state index contributed by atoms with van der Waals surface area (Å²) in [5.41, 5.74) is 2.20. The van der Waals surface area contributed by atoms with E-state index < -0.39 is 0 Å². The number of hydrogen-bond donors (Lipinski definition) is 1. The van der Waals surface area contributed by atoms with Gasteiger partial charge in [0.1, 0.15) is 5.82 Å². The quantitative estimate of drug-likeness (QED) is 0.772. The van der Waals surface area contributed by atoms with Gasteiger partial charge in [0.2, 0.25) is 0 Å². The number of benzene rings is 1. The van der Waals surface area contributed by atoms with Crippen LogP contribution in [-0.4, -0.2) is 44.3 Å². The van der Waals surface area contributed by atoms with Crippen molar-refractivity contribution in [3.8, 4) is 0 Å². The van der Waals surface area contributed by atoms with Crippen molar-refractivity contribution in [3.63, 3.8) is 0 Å². The summed E-state index contributed by atoms with van der Waals surface area (Å²) < 4.78 is 1.92. The summed E-state index contributed by atoms with van der Waals surface area (Å²) in [5.74, 6) is 1.78. The molecule has 0 amide bonds. The van der Waals surface area contributed by atoms with Gasteiger partial charge < -0.3 is 9.88 Å². The highest BCUT2D eigenvalue weighted by atomic mass is 35.5. The fraction of sp³-hybridized carbons (Fsp3) is 0.444. The van der Waals surface area contributed by atoms with Gasteiger partial charge in [-0.3, -0.25) is 4.68 Å². The molecule has 24 heavy (non-hydrogen) atoms. The van der Waals surface area contributed by atoms with Gasteiger partial charge in [0.05, 0.1) is 28.8 Å². The summed E-state index contributed by atoms with van der Waals surface area (Å²) in [6.45, 7) is 4.22. The van der Waals surface area contributed by atoms with Crippen molar-refractivity contribution in [1.29, 1.82) is 0 Å². The zero-order valence-electron chi connectivity index (χ0n) is 13.7. The van der Waals surface area contributed by atoms with Crippen molar-refractivity contribution in [3.05, 3.63) is 47.5 Å². The van der Waals surface area contributed by atoms with Crippen LogP contribution in [0.25, 0.3) is 11.0 Å². The monoisotopic (exact) mass is 343 g/mol. The second-order valence-electron chi connectivity index (χ2n) is 6.64. The molecule has 0 aliphatic carbocycles. The number of imidazole rings is 1. The minimum absolute atomic E-state index is 0.667. The molecular weight excluding hydrogens is 322 g/mol. The number of aromatic nitrogens is 4. The maximum Gasteiger partial charge on any atom is 0.107 e. The zero-order chi connectivity index (χ0) is 16.4. The second-order valence-corrected chi connectivity index (χ2v) is 7.07. The molecule has 4 rings (SSSR count). The summed E-state index contributed by atoms with van der Waals surface area (Å²) in [4.78, 5) is 10.7. The number of likely N-dealkylation sites (tertiary alicyclic amines) is 1. The minimum Gasteiger partial charge on any atom is -0.342 e. The zero-order valence-corrected chi connectivity index (χ0v) is 14.4. The normalized spacial score (nSPS) is 19.1. The SMILES string of the molecule is Clc1cnn(CCN2CCC[C@H](Cc3nc4ccccc4[nH]3)C2)c1. The largest absolute Gasteiger partial charge is 0.342 e. The van der Waals surface area contributed by atoms with E-state index in [1.165, 1.54) is 19.4 Å². The molecule has 0 bridgehead atoms. The molecule has 3 heterocycles. The van der Waals surface area contributed by atoms with Crippen molar-refractivity contribution in [2.75, 3.05) is 19.6 Å². The van der Waals surface area contributed by atoms with E-state index in [9.17, 15) is 0 Å². The highest BCUT2D eigenvalue weighted by Gasteiger charge is 2.21. The van der Waals surface area contributed by atoms with Crippen LogP contribution in [0.15, 0.2) is 36.7 Å². The Kier molecular flexibility index (Phi) is 4.54. The number of halogens is 1. The number of nitrogens with one attached hydrogen (secondary N) is 1. The molecule has 1 fully saturated rings. The first kappa shape index (κ1) is 15.7. The number of H-pyrrole nitrogens is 1. The van der Waals surface area contributed by atoms with Crippen molar-refractivity contribution in [2.24, 2.45) is 5.92 Å². The van der Waals surface area contributed by atoms with Gasteiger partial charge in [0.25, 0.3) is 0 Å². The Morgan fingerprint density at radius 2 is 2.17 bits per heavy atom. The van der Waals surface area contributed by atoms with Crippen molar-refractivity contribution < 1.29 is 0 Å². The van der Waals surface area contributed by atoms with Gasteiger partial charge in [0, 0.05) is 25.7 Å². The van der Waals surface area contributed by atoms with E-state index in [1.807, 2.05) is 23.0 Å². The van der Waals surface area contributed by atoms with E-state index in [-0.39, 0.29) is 0 Å². The molecule has 6 heteroatoms. The number of fused-ring (bicyclic) bond motifs is 1. The van der Waals surface area contributed by atoms with Gasteiger partial charge in [0.15, 0.2) is 0 Å². The number of para-hydroxylation sites is 2. The number of piperidine rings is 1. The highest BCUT2D eigenvalue weighted by molar-refractivity contribution is 6.30. The number of aromatic amines is 1. The van der Waals surface area contributed by atoms with Crippen LogP contribution in [0.2, 0.25) is 5.02 Å². The summed E-state index contributed by atoms with van der Waals surface area (Å²) >= 11 is 5.92. The summed E-state index contributed by atoms with van der Waals surface area (Å²) in [7, 11) is 0. The maximum atomic E-state index is 5.92. The molecular formula is C18H22ClN5. The van der Waals surface area contributed by atoms with Crippen LogP contribution in [0.1, 0.15) is 18.7 Å². The van der Waals surface area contributed by atoms with Gasteiger partial charge in [-0.2, -0.15) is 5.10 Å². The molecule has 0 unspecified atom stereocenters. The van der Waals surface area contributed by atoms with E-state index in [4.69, 9.17) is 16.6 Å². The smallest absolute Gasteiger partial charge is 0.107 e. The lowest BCUT2D eigenvalue weighted by Gasteiger charge is -2.32. The lowest BCUT2D eigenvalue weighted by atomic mass is 9.94. The third kappa shape index (κ3) is 3.62. The molecule has 1 atom stereocenters. The molecule has 0 spiro atoms. The predicted octanol–water partition coefficient (Wildman–Crippen LogP) is 3.37. The van der Waals surface area contributed by atoms with Crippen molar-refractivity contribution in [2.45, 2.75) is 25.8 Å². The van der Waals surface area contributed by atoms with Crippen LogP contribution in [0, 0.1) is 5.92 Å². The third-order valence-corrected chi connectivity index (χ3v) is 4.97. The standard InChI is InChI=1S/C18H22ClN5/c19-15-11-20-24(13-15)9-8-23-7-3-4-14(12-23)10-18-21-16-5-1-2-6-17(16)22-18/h1-2,5-6,11,13-14H,3-4,7-10,12H2,(H,21,22)/t14-/m1/s1. The Labute approximate surface area is 146 Å². The molecule has 126 valence electrons. The van der Waals surface area contributed by atoms with Crippen molar-refractivity contribution >= 4 is 22.6 Å². The molecule has 1 N–H and O–H groups in total. The second kappa shape index (κ2) is 6.95. The number of hydrogen-bond acceptors (Lipinski definition) is 3. The van der Waals surface area contributed by atoms with Crippen LogP contribution in [0.4, 0.5) is 0 Å². The lowest BCUT2D eigenvalue weighted by molar-refractivity contribution is 0.166. The van der Waals surface area contributed by atoms with E-state index >= 15 is 0 Å². The van der Waals surface area contributed by atoms with Gasteiger partial charge in [-0.05, 0) is 37.4 Å². The molecule has 0 radical (unpaired) electrons. The first-order valence-electron chi connectivity index (χ1n) is 8.60. The van der Waals surface area contributed by atoms with Crippen LogP contribution in [0.3, 0.4) is 0 Å². The highest BCUT2D eigenvalue weighted by Crippen LogP contribution is 2.21. The fourth-order valence-electron chi connectivity index (χ4n) is 3.60. The van der Waals surface area contributed by atoms with Crippen LogP contribution < -0.4 is 0 Å². The van der Waals surface area contributed by atoms with Crippen LogP contribution >= 0.6 is 11.6 Å². The summed E-state index contributed by atoms with van der Waals surface area (Å²) in [5, 5.41) is 4.96. The fourth-order valence-corrected chi connectivity index (χ4v) is 3.76. The first-order valence-corrected chi connectivity index (χ1v) is 8.98. The molecule has 5 nitrogen and oxygen atoms in total. The molecule has 1 saturated heterocycles. The average molecular weight is 344 g/mol. The Morgan fingerprint density at radius 3 is 3.00 bits per heavy atom. The predicted molar refractivity (Wildman–Crippen MR) is 96.2 cm³/mol. The topological polar surface area (TPSA) is 49.7 Å². The van der Waals surface area contributed by atoms with E-state index in [0.717, 1.165) is 42.9 Å². The average Bonchev–Trinajstić information content (AvgIpc) is 3.18. The summed E-state index contributed by atoms with van der Waals surface area (Å²) in [6, 6.07) is 8.25. The first-order chi connectivity index (χ1) is 11.8. The van der Waals surface area contributed by atoms with E-state index in [1.54, 1.807) is 6.20 Å². The Balaban J connectivity index is 1.34. The third-order valence-electron chi connectivity index (χ3n) is 4.77. The number of nitrogens with zero attached hydrogens (tertiary/aromatic N) is 4. The lowest BCUT2D eigenvalue weighted by Crippen LogP contribution is -2.38. The Morgan fingerprint density at radius 1 is 1.25 bits per heavy atom. The molecule has 1 aliphatic heterocycles. The van der Waals surface area contributed by atoms with E-state index in [0.29, 0.717) is 10.9 Å². The number of rotatable bonds is 5. The Hall–Kier alpha value is -1.85. The summed E-state index contributed by atoms with van der Waals surface area (Å²) in [6.07, 6.45) is 7.14. The molecule has 2 aromatic heterocycles. The molecule has 1 aliphatic rings. The van der Waals surface area contributed by atoms with Crippen molar-refractivity contribution in [1.82, 2.24) is 24.6 Å².